The van der Waals surface area contributed by atoms with Gasteiger partial charge in [-0.15, -0.1) is 0 Å². The van der Waals surface area contributed by atoms with Crippen LogP contribution in [0.25, 0.3) is 11.5 Å². The standard InChI is InChI=1S/C17H16N2O5/c20-10-12(8-11-3-5-13(21)6-4-11)18-17(22)14-9-16(24-19-14)15-2-1-7-23-15/h1-7,9,12,20-21H,8,10H2,(H,18,22)/t12-/m0/s1. The zero-order chi connectivity index (χ0) is 16.9. The van der Waals surface area contributed by atoms with Crippen molar-refractivity contribution in [2.24, 2.45) is 0 Å². The minimum atomic E-state index is -0.481. The lowest BCUT2D eigenvalue weighted by molar-refractivity contribution is 0.0907. The number of aliphatic hydroxyl groups excluding tert-OH is 1. The second kappa shape index (κ2) is 7.01. The van der Waals surface area contributed by atoms with E-state index in [0.717, 1.165) is 5.56 Å². The smallest absolute Gasteiger partial charge is 0.273 e. The third-order valence-electron chi connectivity index (χ3n) is 3.48. The lowest BCUT2D eigenvalue weighted by Gasteiger charge is -2.15. The fourth-order valence-electron chi connectivity index (χ4n) is 2.25. The monoisotopic (exact) mass is 328 g/mol. The van der Waals surface area contributed by atoms with Crippen LogP contribution in [0, 0.1) is 0 Å². The highest BCUT2D eigenvalue weighted by atomic mass is 16.5. The Bertz CT molecular complexity index is 793. The van der Waals surface area contributed by atoms with Crippen LogP contribution < -0.4 is 5.32 Å². The van der Waals surface area contributed by atoms with Crippen molar-refractivity contribution in [3.8, 4) is 17.3 Å². The molecule has 0 aliphatic rings. The molecule has 3 N–H and O–H groups in total. The van der Waals surface area contributed by atoms with Gasteiger partial charge >= 0.3 is 0 Å². The summed E-state index contributed by atoms with van der Waals surface area (Å²) in [6.07, 6.45) is 1.92. The van der Waals surface area contributed by atoms with Crippen LogP contribution in [0.5, 0.6) is 5.75 Å². The van der Waals surface area contributed by atoms with Gasteiger partial charge in [-0.1, -0.05) is 17.3 Å². The van der Waals surface area contributed by atoms with Crippen molar-refractivity contribution in [3.63, 3.8) is 0 Å². The highest BCUT2D eigenvalue weighted by Gasteiger charge is 2.18. The van der Waals surface area contributed by atoms with E-state index in [1.165, 1.54) is 12.3 Å². The molecular formula is C17H16N2O5. The molecule has 24 heavy (non-hydrogen) atoms. The van der Waals surface area contributed by atoms with Crippen LogP contribution in [0.15, 0.2) is 57.7 Å². The van der Waals surface area contributed by atoms with E-state index >= 15 is 0 Å². The van der Waals surface area contributed by atoms with Crippen molar-refractivity contribution in [1.29, 1.82) is 0 Å². The minimum Gasteiger partial charge on any atom is -0.508 e. The number of benzene rings is 1. The Balaban J connectivity index is 1.65. The number of amides is 1. The molecule has 2 heterocycles. The van der Waals surface area contributed by atoms with E-state index in [2.05, 4.69) is 10.5 Å². The molecule has 2 aromatic heterocycles. The van der Waals surface area contributed by atoms with Gasteiger partial charge < -0.3 is 24.5 Å². The zero-order valence-electron chi connectivity index (χ0n) is 12.7. The number of phenols is 1. The number of aromatic hydroxyl groups is 1. The maximum atomic E-state index is 12.2. The molecule has 0 spiro atoms. The van der Waals surface area contributed by atoms with Crippen molar-refractivity contribution in [2.75, 3.05) is 6.61 Å². The lowest BCUT2D eigenvalue weighted by atomic mass is 10.1. The number of hydrogen-bond donors (Lipinski definition) is 3. The molecule has 124 valence electrons. The highest BCUT2D eigenvalue weighted by molar-refractivity contribution is 5.93. The summed E-state index contributed by atoms with van der Waals surface area (Å²) in [5, 5.41) is 25.2. The molecular weight excluding hydrogens is 312 g/mol. The van der Waals surface area contributed by atoms with Gasteiger partial charge in [0.1, 0.15) is 5.75 Å². The molecule has 0 radical (unpaired) electrons. The minimum absolute atomic E-state index is 0.102. The molecule has 1 aromatic carbocycles. The Labute approximate surface area is 137 Å². The van der Waals surface area contributed by atoms with E-state index in [0.29, 0.717) is 17.9 Å². The molecule has 3 aromatic rings. The number of furan rings is 1. The van der Waals surface area contributed by atoms with Crippen LogP contribution in [-0.2, 0) is 6.42 Å². The normalized spacial score (nSPS) is 12.0. The molecule has 0 fully saturated rings. The predicted molar refractivity (Wildman–Crippen MR) is 84.4 cm³/mol. The summed E-state index contributed by atoms with van der Waals surface area (Å²) in [4.78, 5) is 12.2. The number of phenolic OH excluding ortho intramolecular Hbond substituents is 1. The van der Waals surface area contributed by atoms with Gasteiger partial charge in [-0.05, 0) is 36.2 Å². The number of aromatic nitrogens is 1. The number of nitrogens with zero attached hydrogens (tertiary/aromatic N) is 1. The van der Waals surface area contributed by atoms with E-state index in [9.17, 15) is 15.0 Å². The summed E-state index contributed by atoms with van der Waals surface area (Å²) in [7, 11) is 0. The van der Waals surface area contributed by atoms with Crippen LogP contribution in [0.2, 0.25) is 0 Å². The second-order valence-electron chi connectivity index (χ2n) is 5.28. The maximum Gasteiger partial charge on any atom is 0.273 e. The fraction of sp³-hybridized carbons (Fsp3) is 0.176. The zero-order valence-corrected chi connectivity index (χ0v) is 12.7. The SMILES string of the molecule is O=C(N[C@H](CO)Cc1ccc(O)cc1)c1cc(-c2ccco2)on1. The van der Waals surface area contributed by atoms with Crippen molar-refractivity contribution in [1.82, 2.24) is 10.5 Å². The summed E-state index contributed by atoms with van der Waals surface area (Å²) in [5.74, 6) is 0.541. The number of nitrogens with one attached hydrogen (secondary N) is 1. The lowest BCUT2D eigenvalue weighted by Crippen LogP contribution is -2.39. The van der Waals surface area contributed by atoms with Crippen molar-refractivity contribution in [3.05, 3.63) is 60.0 Å². The number of aliphatic hydroxyl groups is 1. The van der Waals surface area contributed by atoms with Crippen molar-refractivity contribution < 1.29 is 23.9 Å². The molecule has 0 saturated heterocycles. The summed E-state index contributed by atoms with van der Waals surface area (Å²) < 4.78 is 10.3. The highest BCUT2D eigenvalue weighted by Crippen LogP contribution is 2.20. The second-order valence-corrected chi connectivity index (χ2v) is 5.28. The summed E-state index contributed by atoms with van der Waals surface area (Å²) in [6, 6.07) is 11.0. The molecule has 0 bridgehead atoms. The van der Waals surface area contributed by atoms with Crippen LogP contribution in [0.1, 0.15) is 16.1 Å². The third kappa shape index (κ3) is 3.64. The number of hydrogen-bond acceptors (Lipinski definition) is 6. The number of carbonyl (C=O) groups excluding carboxylic acids is 1. The predicted octanol–water partition coefficient (Wildman–Crippen LogP) is 1.97. The molecule has 0 aliphatic heterocycles. The first-order valence-electron chi connectivity index (χ1n) is 7.36. The van der Waals surface area contributed by atoms with Crippen LogP contribution in [-0.4, -0.2) is 33.9 Å². The Morgan fingerprint density at radius 2 is 2.00 bits per heavy atom. The van der Waals surface area contributed by atoms with E-state index in [4.69, 9.17) is 8.94 Å². The quantitative estimate of drug-likeness (QED) is 0.638. The van der Waals surface area contributed by atoms with Crippen LogP contribution in [0.4, 0.5) is 0 Å². The maximum absolute atomic E-state index is 12.2. The van der Waals surface area contributed by atoms with Crippen LogP contribution >= 0.6 is 0 Å². The summed E-state index contributed by atoms with van der Waals surface area (Å²) in [5.41, 5.74) is 0.981. The Kier molecular flexibility index (Phi) is 4.62. The van der Waals surface area contributed by atoms with Crippen LogP contribution in [0.3, 0.4) is 0 Å². The average Bonchev–Trinajstić information content (AvgIpc) is 3.27. The molecule has 3 rings (SSSR count). The summed E-state index contributed by atoms with van der Waals surface area (Å²) in [6.45, 7) is -0.227. The molecule has 7 heteroatoms. The molecule has 0 unspecified atom stereocenters. The van der Waals surface area contributed by atoms with Gasteiger partial charge in [-0.25, -0.2) is 0 Å². The summed E-state index contributed by atoms with van der Waals surface area (Å²) >= 11 is 0. The first-order chi connectivity index (χ1) is 11.7. The average molecular weight is 328 g/mol. The van der Waals surface area contributed by atoms with Gasteiger partial charge in [0.15, 0.2) is 11.5 Å². The molecule has 0 saturated carbocycles. The van der Waals surface area contributed by atoms with Gasteiger partial charge in [-0.2, -0.15) is 0 Å². The first kappa shape index (κ1) is 15.8. The van der Waals surface area contributed by atoms with E-state index in [-0.39, 0.29) is 18.1 Å². The first-order valence-corrected chi connectivity index (χ1v) is 7.36. The van der Waals surface area contributed by atoms with Crippen molar-refractivity contribution >= 4 is 5.91 Å². The van der Waals surface area contributed by atoms with E-state index < -0.39 is 11.9 Å². The fourth-order valence-corrected chi connectivity index (χ4v) is 2.25. The Morgan fingerprint density at radius 3 is 2.67 bits per heavy atom. The topological polar surface area (TPSA) is 109 Å². The number of rotatable bonds is 6. The van der Waals surface area contributed by atoms with Crippen molar-refractivity contribution in [2.45, 2.75) is 12.5 Å². The Morgan fingerprint density at radius 1 is 1.21 bits per heavy atom. The molecule has 1 amide bonds. The van der Waals surface area contributed by atoms with Gasteiger partial charge in [0, 0.05) is 6.07 Å². The largest absolute Gasteiger partial charge is 0.508 e. The number of carbonyl (C=O) groups is 1. The third-order valence-corrected chi connectivity index (χ3v) is 3.48. The molecule has 1 atom stereocenters. The molecule has 0 aliphatic carbocycles. The van der Waals surface area contributed by atoms with Gasteiger partial charge in [-0.3, -0.25) is 4.79 Å². The molecule has 7 nitrogen and oxygen atoms in total. The van der Waals surface area contributed by atoms with Gasteiger partial charge in [0.25, 0.3) is 5.91 Å². The van der Waals surface area contributed by atoms with Gasteiger partial charge in [0.2, 0.25) is 5.76 Å². The van der Waals surface area contributed by atoms with E-state index in [1.807, 2.05) is 0 Å². The van der Waals surface area contributed by atoms with Gasteiger partial charge in [0.05, 0.1) is 18.9 Å². The Hall–Kier alpha value is -3.06. The van der Waals surface area contributed by atoms with E-state index in [1.54, 1.807) is 36.4 Å².